The zero-order chi connectivity index (χ0) is 15.1. The molecule has 0 heterocycles. The van der Waals surface area contributed by atoms with E-state index in [0.29, 0.717) is 0 Å². The molecule has 0 fully saturated rings. The Hall–Kier alpha value is -1.81. The van der Waals surface area contributed by atoms with Crippen molar-refractivity contribution >= 4 is 28.1 Å². The highest BCUT2D eigenvalue weighted by molar-refractivity contribution is 7.80. The minimum Gasteiger partial charge on any atom is -0.497 e. The number of hydrogen-bond donors (Lipinski definition) is 2. The highest BCUT2D eigenvalue weighted by Gasteiger charge is 2.03. The number of benzene rings is 2. The summed E-state index contributed by atoms with van der Waals surface area (Å²) in [7, 11) is 1.70. The standard InChI is InChI=1S/C17H22N2OS/c1-3-10-18-17(21)19-11-9-14-6-4-5-13-7-8-15(20-2)12-16(13)14/h4-8,12H,3,9-11H2,1-2H3,(H2,18,19,21). The van der Waals surface area contributed by atoms with Gasteiger partial charge in [-0.2, -0.15) is 0 Å². The number of methoxy groups -OCH3 is 1. The van der Waals surface area contributed by atoms with Crippen LogP contribution in [0.5, 0.6) is 5.75 Å². The molecule has 0 amide bonds. The van der Waals surface area contributed by atoms with Crippen molar-refractivity contribution in [3.8, 4) is 5.75 Å². The summed E-state index contributed by atoms with van der Waals surface area (Å²) < 4.78 is 5.32. The topological polar surface area (TPSA) is 33.3 Å². The third-order valence-corrected chi connectivity index (χ3v) is 3.68. The first kappa shape index (κ1) is 15.6. The van der Waals surface area contributed by atoms with E-state index in [1.54, 1.807) is 7.11 Å². The maximum Gasteiger partial charge on any atom is 0.166 e. The summed E-state index contributed by atoms with van der Waals surface area (Å²) in [6.07, 6.45) is 2.00. The lowest BCUT2D eigenvalue weighted by atomic mass is 10.0. The third-order valence-electron chi connectivity index (χ3n) is 3.40. The molecule has 0 saturated heterocycles. The van der Waals surface area contributed by atoms with Crippen molar-refractivity contribution in [2.24, 2.45) is 0 Å². The Labute approximate surface area is 131 Å². The molecule has 0 aliphatic heterocycles. The zero-order valence-electron chi connectivity index (χ0n) is 12.6. The molecule has 0 bridgehead atoms. The lowest BCUT2D eigenvalue weighted by Gasteiger charge is -2.11. The Balaban J connectivity index is 2.03. The van der Waals surface area contributed by atoms with E-state index in [-0.39, 0.29) is 0 Å². The molecular formula is C17H22N2OS. The average Bonchev–Trinajstić information content (AvgIpc) is 2.52. The van der Waals surface area contributed by atoms with E-state index in [2.05, 4.69) is 47.9 Å². The average molecular weight is 302 g/mol. The number of thiocarbonyl (C=S) groups is 1. The van der Waals surface area contributed by atoms with Crippen molar-refractivity contribution in [1.29, 1.82) is 0 Å². The van der Waals surface area contributed by atoms with Crippen LogP contribution in [0.25, 0.3) is 10.8 Å². The van der Waals surface area contributed by atoms with Gasteiger partial charge in [0.05, 0.1) is 7.11 Å². The molecule has 3 nitrogen and oxygen atoms in total. The molecule has 0 aliphatic rings. The molecule has 2 aromatic rings. The molecular weight excluding hydrogens is 280 g/mol. The van der Waals surface area contributed by atoms with E-state index in [9.17, 15) is 0 Å². The van der Waals surface area contributed by atoms with E-state index < -0.39 is 0 Å². The molecule has 0 spiro atoms. The first-order chi connectivity index (χ1) is 10.2. The van der Waals surface area contributed by atoms with Crippen LogP contribution >= 0.6 is 12.2 Å². The van der Waals surface area contributed by atoms with Gasteiger partial charge in [-0.05, 0) is 53.5 Å². The summed E-state index contributed by atoms with van der Waals surface area (Å²) in [6.45, 7) is 3.86. The fraction of sp³-hybridized carbons (Fsp3) is 0.353. The van der Waals surface area contributed by atoms with Gasteiger partial charge in [0.2, 0.25) is 0 Å². The summed E-state index contributed by atoms with van der Waals surface area (Å²) in [5, 5.41) is 9.63. The minimum atomic E-state index is 0.731. The summed E-state index contributed by atoms with van der Waals surface area (Å²) in [6, 6.07) is 12.6. The molecule has 0 aromatic heterocycles. The first-order valence-electron chi connectivity index (χ1n) is 7.32. The van der Waals surface area contributed by atoms with E-state index >= 15 is 0 Å². The van der Waals surface area contributed by atoms with Gasteiger partial charge in [0.1, 0.15) is 5.75 Å². The molecule has 0 atom stereocenters. The maximum absolute atomic E-state index is 5.32. The molecule has 2 aromatic carbocycles. The van der Waals surface area contributed by atoms with E-state index in [1.165, 1.54) is 16.3 Å². The molecule has 2 N–H and O–H groups in total. The second kappa shape index (κ2) is 7.84. The highest BCUT2D eigenvalue weighted by Crippen LogP contribution is 2.24. The van der Waals surface area contributed by atoms with Crippen molar-refractivity contribution < 1.29 is 4.74 Å². The van der Waals surface area contributed by atoms with Crippen LogP contribution in [0.3, 0.4) is 0 Å². The fourth-order valence-electron chi connectivity index (χ4n) is 2.27. The first-order valence-corrected chi connectivity index (χ1v) is 7.72. The van der Waals surface area contributed by atoms with Crippen LogP contribution < -0.4 is 15.4 Å². The van der Waals surface area contributed by atoms with E-state index in [1.807, 2.05) is 6.07 Å². The second-order valence-corrected chi connectivity index (χ2v) is 5.35. The Bertz CT molecular complexity index is 613. The van der Waals surface area contributed by atoms with Crippen molar-refractivity contribution in [1.82, 2.24) is 10.6 Å². The van der Waals surface area contributed by atoms with Gasteiger partial charge in [0.15, 0.2) is 5.11 Å². The van der Waals surface area contributed by atoms with Crippen LogP contribution in [0, 0.1) is 0 Å². The van der Waals surface area contributed by atoms with Crippen LogP contribution in [0.2, 0.25) is 0 Å². The van der Waals surface area contributed by atoms with Gasteiger partial charge in [0.25, 0.3) is 0 Å². The summed E-state index contributed by atoms with van der Waals surface area (Å²) in [5.41, 5.74) is 1.30. The molecule has 4 heteroatoms. The van der Waals surface area contributed by atoms with Crippen LogP contribution in [0.15, 0.2) is 36.4 Å². The molecule has 0 radical (unpaired) electrons. The fourth-order valence-corrected chi connectivity index (χ4v) is 2.48. The number of hydrogen-bond acceptors (Lipinski definition) is 2. The van der Waals surface area contributed by atoms with Crippen molar-refractivity contribution in [3.63, 3.8) is 0 Å². The molecule has 0 unspecified atom stereocenters. The molecule has 112 valence electrons. The Kier molecular flexibility index (Phi) is 5.81. The monoisotopic (exact) mass is 302 g/mol. The molecule has 0 saturated carbocycles. The van der Waals surface area contributed by atoms with Crippen molar-refractivity contribution in [2.75, 3.05) is 20.2 Å². The third kappa shape index (κ3) is 4.33. The van der Waals surface area contributed by atoms with Crippen LogP contribution in [0.1, 0.15) is 18.9 Å². The predicted octanol–water partition coefficient (Wildman–Crippen LogP) is 3.27. The van der Waals surface area contributed by atoms with Gasteiger partial charge < -0.3 is 15.4 Å². The van der Waals surface area contributed by atoms with Gasteiger partial charge in [-0.3, -0.25) is 0 Å². The van der Waals surface area contributed by atoms with Gasteiger partial charge in [-0.25, -0.2) is 0 Å². The summed E-state index contributed by atoms with van der Waals surface area (Å²) in [4.78, 5) is 0. The summed E-state index contributed by atoms with van der Waals surface area (Å²) >= 11 is 5.23. The predicted molar refractivity (Wildman–Crippen MR) is 93.1 cm³/mol. The number of ether oxygens (including phenoxy) is 1. The normalized spacial score (nSPS) is 10.4. The van der Waals surface area contributed by atoms with E-state index in [0.717, 1.165) is 36.8 Å². The Morgan fingerprint density at radius 1 is 1.14 bits per heavy atom. The lowest BCUT2D eigenvalue weighted by Crippen LogP contribution is -2.36. The van der Waals surface area contributed by atoms with Crippen molar-refractivity contribution in [3.05, 3.63) is 42.0 Å². The lowest BCUT2D eigenvalue weighted by molar-refractivity contribution is 0.415. The van der Waals surface area contributed by atoms with Crippen LogP contribution in [0.4, 0.5) is 0 Å². The quantitative estimate of drug-likeness (QED) is 0.803. The number of rotatable bonds is 6. The van der Waals surface area contributed by atoms with Gasteiger partial charge in [0, 0.05) is 13.1 Å². The molecule has 21 heavy (non-hydrogen) atoms. The van der Waals surface area contributed by atoms with Gasteiger partial charge in [-0.1, -0.05) is 31.2 Å². The minimum absolute atomic E-state index is 0.731. The van der Waals surface area contributed by atoms with E-state index in [4.69, 9.17) is 17.0 Å². The maximum atomic E-state index is 5.32. The Morgan fingerprint density at radius 2 is 1.95 bits per heavy atom. The Morgan fingerprint density at radius 3 is 2.71 bits per heavy atom. The SMILES string of the molecule is CCCNC(=S)NCCc1cccc2ccc(OC)cc12. The number of fused-ring (bicyclic) bond motifs is 1. The molecule has 0 aliphatic carbocycles. The highest BCUT2D eigenvalue weighted by atomic mass is 32.1. The van der Waals surface area contributed by atoms with Crippen molar-refractivity contribution in [2.45, 2.75) is 19.8 Å². The zero-order valence-corrected chi connectivity index (χ0v) is 13.4. The van der Waals surface area contributed by atoms with Gasteiger partial charge >= 0.3 is 0 Å². The molecule has 2 rings (SSSR count). The largest absolute Gasteiger partial charge is 0.497 e. The van der Waals surface area contributed by atoms with Crippen LogP contribution in [-0.2, 0) is 6.42 Å². The number of nitrogens with one attached hydrogen (secondary N) is 2. The smallest absolute Gasteiger partial charge is 0.166 e. The second-order valence-electron chi connectivity index (χ2n) is 4.94. The van der Waals surface area contributed by atoms with Gasteiger partial charge in [-0.15, -0.1) is 0 Å². The summed E-state index contributed by atoms with van der Waals surface area (Å²) in [5.74, 6) is 0.892. The van der Waals surface area contributed by atoms with Crippen LogP contribution in [-0.4, -0.2) is 25.3 Å².